The Morgan fingerprint density at radius 1 is 1.47 bits per heavy atom. The van der Waals surface area contributed by atoms with E-state index in [0.29, 0.717) is 0 Å². The molecule has 0 atom stereocenters. The number of hydrogen-bond acceptors (Lipinski definition) is 6. The lowest BCUT2D eigenvalue weighted by molar-refractivity contribution is 0.509. The maximum absolute atomic E-state index is 4.09. The summed E-state index contributed by atoms with van der Waals surface area (Å²) in [5.41, 5.74) is 1.40. The van der Waals surface area contributed by atoms with E-state index in [0.717, 1.165) is 36.5 Å². The average molecular weight is 295 g/mol. The van der Waals surface area contributed by atoms with Crippen LogP contribution in [0.2, 0.25) is 0 Å². The summed E-state index contributed by atoms with van der Waals surface area (Å²) >= 11 is 3.48. The van der Waals surface area contributed by atoms with Crippen molar-refractivity contribution in [3.05, 3.63) is 22.4 Å². The standard InChI is InChI=1S/C12H17N5S2/c1-2-11(1)13-5-6-17-12(14-15-16-17)19-8-4-10-3-7-18-9-10/h3,7,9,11,13H,1-2,4-6,8H2. The number of aromatic nitrogens is 4. The molecule has 0 amide bonds. The van der Waals surface area contributed by atoms with Crippen molar-refractivity contribution in [1.29, 1.82) is 0 Å². The number of thioether (sulfide) groups is 1. The molecule has 1 fully saturated rings. The molecule has 3 rings (SSSR count). The Morgan fingerprint density at radius 2 is 2.42 bits per heavy atom. The molecule has 0 bridgehead atoms. The van der Waals surface area contributed by atoms with Gasteiger partial charge in [0, 0.05) is 18.3 Å². The van der Waals surface area contributed by atoms with Crippen LogP contribution in [0.15, 0.2) is 22.0 Å². The van der Waals surface area contributed by atoms with Crippen LogP contribution in [0.4, 0.5) is 0 Å². The third-order valence-electron chi connectivity index (χ3n) is 3.04. The molecule has 2 aromatic heterocycles. The number of thiophene rings is 1. The van der Waals surface area contributed by atoms with Crippen LogP contribution in [0.1, 0.15) is 18.4 Å². The highest BCUT2D eigenvalue weighted by molar-refractivity contribution is 7.99. The second kappa shape index (κ2) is 6.49. The van der Waals surface area contributed by atoms with Gasteiger partial charge >= 0.3 is 0 Å². The zero-order chi connectivity index (χ0) is 12.9. The molecule has 0 saturated heterocycles. The van der Waals surface area contributed by atoms with E-state index in [4.69, 9.17) is 0 Å². The Kier molecular flexibility index (Phi) is 4.47. The van der Waals surface area contributed by atoms with Gasteiger partial charge in [-0.25, -0.2) is 4.68 Å². The fraction of sp³-hybridized carbons (Fsp3) is 0.583. The predicted octanol–water partition coefficient (Wildman–Crippen LogP) is 1.82. The van der Waals surface area contributed by atoms with Gasteiger partial charge in [0.15, 0.2) is 0 Å². The van der Waals surface area contributed by atoms with Crippen LogP contribution < -0.4 is 5.32 Å². The van der Waals surface area contributed by atoms with E-state index in [1.54, 1.807) is 23.1 Å². The van der Waals surface area contributed by atoms with Crippen molar-refractivity contribution in [3.8, 4) is 0 Å². The normalized spacial score (nSPS) is 14.9. The van der Waals surface area contributed by atoms with Gasteiger partial charge in [-0.05, 0) is 52.1 Å². The molecule has 1 N–H and O–H groups in total. The second-order valence-electron chi connectivity index (χ2n) is 4.64. The average Bonchev–Trinajstić information content (AvgIpc) is 2.90. The first-order valence-corrected chi connectivity index (χ1v) is 8.48. The molecule has 0 unspecified atom stereocenters. The Balaban J connectivity index is 1.43. The molecule has 0 aromatic carbocycles. The van der Waals surface area contributed by atoms with Crippen LogP contribution in [0.3, 0.4) is 0 Å². The lowest BCUT2D eigenvalue weighted by Gasteiger charge is -2.04. The van der Waals surface area contributed by atoms with Gasteiger partial charge in [-0.15, -0.1) is 5.10 Å². The van der Waals surface area contributed by atoms with Gasteiger partial charge in [-0.2, -0.15) is 11.3 Å². The molecule has 1 aliphatic carbocycles. The minimum Gasteiger partial charge on any atom is -0.312 e. The molecule has 0 aliphatic heterocycles. The smallest absolute Gasteiger partial charge is 0.209 e. The van der Waals surface area contributed by atoms with Gasteiger partial charge in [0.05, 0.1) is 6.54 Å². The Bertz CT molecular complexity index is 492. The SMILES string of the molecule is c1cc(CCSc2nnnn2CCNC2CC2)cs1. The number of nitrogens with zero attached hydrogens (tertiary/aromatic N) is 4. The zero-order valence-electron chi connectivity index (χ0n) is 10.7. The van der Waals surface area contributed by atoms with Gasteiger partial charge in [0.2, 0.25) is 5.16 Å². The summed E-state index contributed by atoms with van der Waals surface area (Å²) in [4.78, 5) is 0. The maximum atomic E-state index is 4.09. The largest absolute Gasteiger partial charge is 0.312 e. The van der Waals surface area contributed by atoms with Crippen molar-refractivity contribution < 1.29 is 0 Å². The molecule has 1 saturated carbocycles. The van der Waals surface area contributed by atoms with Crippen LogP contribution in [-0.2, 0) is 13.0 Å². The Morgan fingerprint density at radius 3 is 3.21 bits per heavy atom. The Hall–Kier alpha value is -0.920. The second-order valence-corrected chi connectivity index (χ2v) is 6.49. The first-order chi connectivity index (χ1) is 9.42. The van der Waals surface area contributed by atoms with Gasteiger partial charge in [0.25, 0.3) is 0 Å². The number of hydrogen-bond donors (Lipinski definition) is 1. The van der Waals surface area contributed by atoms with Gasteiger partial charge < -0.3 is 5.32 Å². The number of aryl methyl sites for hydroxylation is 1. The van der Waals surface area contributed by atoms with Gasteiger partial charge in [-0.1, -0.05) is 11.8 Å². The van der Waals surface area contributed by atoms with E-state index in [9.17, 15) is 0 Å². The number of tetrazole rings is 1. The maximum Gasteiger partial charge on any atom is 0.209 e. The molecule has 102 valence electrons. The van der Waals surface area contributed by atoms with Crippen molar-refractivity contribution >= 4 is 23.1 Å². The summed E-state index contributed by atoms with van der Waals surface area (Å²) < 4.78 is 1.90. The Labute approximate surface area is 120 Å². The lowest BCUT2D eigenvalue weighted by Crippen LogP contribution is -2.22. The van der Waals surface area contributed by atoms with Crippen molar-refractivity contribution in [3.63, 3.8) is 0 Å². The summed E-state index contributed by atoms with van der Waals surface area (Å²) in [5, 5.41) is 20.6. The van der Waals surface area contributed by atoms with Crippen molar-refractivity contribution in [1.82, 2.24) is 25.5 Å². The summed E-state index contributed by atoms with van der Waals surface area (Å²) in [6, 6.07) is 2.92. The molecule has 2 heterocycles. The number of rotatable bonds is 8. The van der Waals surface area contributed by atoms with Crippen molar-refractivity contribution in [2.75, 3.05) is 12.3 Å². The minimum atomic E-state index is 0.742. The first kappa shape index (κ1) is 13.1. The number of nitrogens with one attached hydrogen (secondary N) is 1. The van der Waals surface area contributed by atoms with E-state index in [2.05, 4.69) is 37.7 Å². The molecule has 7 heteroatoms. The summed E-state index contributed by atoms with van der Waals surface area (Å²) in [6.07, 6.45) is 3.71. The van der Waals surface area contributed by atoms with Crippen molar-refractivity contribution in [2.45, 2.75) is 37.0 Å². The third kappa shape index (κ3) is 4.02. The van der Waals surface area contributed by atoms with Crippen LogP contribution >= 0.6 is 23.1 Å². The highest BCUT2D eigenvalue weighted by atomic mass is 32.2. The topological polar surface area (TPSA) is 55.6 Å². The first-order valence-electron chi connectivity index (χ1n) is 6.55. The van der Waals surface area contributed by atoms with E-state index >= 15 is 0 Å². The highest BCUT2D eigenvalue weighted by Gasteiger charge is 2.20. The van der Waals surface area contributed by atoms with E-state index < -0.39 is 0 Å². The van der Waals surface area contributed by atoms with Gasteiger partial charge in [0.1, 0.15) is 0 Å². The highest BCUT2D eigenvalue weighted by Crippen LogP contribution is 2.19. The van der Waals surface area contributed by atoms with Crippen LogP contribution in [0.5, 0.6) is 0 Å². The van der Waals surface area contributed by atoms with E-state index in [1.165, 1.54) is 18.4 Å². The molecule has 0 spiro atoms. The predicted molar refractivity (Wildman–Crippen MR) is 77.6 cm³/mol. The molecule has 5 nitrogen and oxygen atoms in total. The molecule has 1 aliphatic rings. The third-order valence-corrected chi connectivity index (χ3v) is 4.73. The molecule has 2 aromatic rings. The molecule has 0 radical (unpaired) electrons. The lowest BCUT2D eigenvalue weighted by atomic mass is 10.3. The fourth-order valence-electron chi connectivity index (χ4n) is 1.80. The van der Waals surface area contributed by atoms with Crippen LogP contribution in [-0.4, -0.2) is 38.5 Å². The monoisotopic (exact) mass is 295 g/mol. The van der Waals surface area contributed by atoms with E-state index in [1.807, 2.05) is 4.68 Å². The fourth-order valence-corrected chi connectivity index (χ4v) is 3.39. The molecular weight excluding hydrogens is 278 g/mol. The minimum absolute atomic E-state index is 0.742. The van der Waals surface area contributed by atoms with Crippen LogP contribution in [0, 0.1) is 0 Å². The summed E-state index contributed by atoms with van der Waals surface area (Å²) in [5.74, 6) is 1.02. The zero-order valence-corrected chi connectivity index (χ0v) is 12.3. The van der Waals surface area contributed by atoms with Crippen LogP contribution in [0.25, 0.3) is 0 Å². The quantitative estimate of drug-likeness (QED) is 0.753. The summed E-state index contributed by atoms with van der Waals surface area (Å²) in [6.45, 7) is 1.80. The summed E-state index contributed by atoms with van der Waals surface area (Å²) in [7, 11) is 0. The molecule has 19 heavy (non-hydrogen) atoms. The molecular formula is C12H17N5S2. The van der Waals surface area contributed by atoms with Gasteiger partial charge in [-0.3, -0.25) is 0 Å². The van der Waals surface area contributed by atoms with Crippen molar-refractivity contribution in [2.24, 2.45) is 0 Å². The van der Waals surface area contributed by atoms with E-state index in [-0.39, 0.29) is 0 Å².